The van der Waals surface area contributed by atoms with Crippen molar-refractivity contribution >= 4 is 29.3 Å². The van der Waals surface area contributed by atoms with Gasteiger partial charge in [0.15, 0.2) is 0 Å². The molecular weight excluding hydrogens is 208 g/mol. The summed E-state index contributed by atoms with van der Waals surface area (Å²) in [4.78, 5) is 10.2. The highest BCUT2D eigenvalue weighted by Gasteiger charge is 2.04. The van der Waals surface area contributed by atoms with Crippen molar-refractivity contribution in [2.75, 3.05) is 12.0 Å². The number of alkyl halides is 1. The molecule has 0 spiro atoms. The summed E-state index contributed by atoms with van der Waals surface area (Å²) in [6, 6.07) is 0. The SMILES string of the molecule is CSCCC(Cl)CCCCC(=O)O. The monoisotopic (exact) mass is 224 g/mol. The van der Waals surface area contributed by atoms with Gasteiger partial charge in [-0.1, -0.05) is 6.42 Å². The molecule has 4 heteroatoms. The number of aliphatic carboxylic acids is 1. The van der Waals surface area contributed by atoms with Crippen LogP contribution in [0.25, 0.3) is 0 Å². The van der Waals surface area contributed by atoms with E-state index >= 15 is 0 Å². The molecule has 0 aliphatic heterocycles. The molecule has 0 aromatic carbocycles. The molecule has 1 atom stereocenters. The topological polar surface area (TPSA) is 37.3 Å². The third-order valence-corrected chi connectivity index (χ3v) is 2.87. The summed E-state index contributed by atoms with van der Waals surface area (Å²) in [5, 5.41) is 8.61. The average molecular weight is 225 g/mol. The molecule has 1 N–H and O–H groups in total. The Kier molecular flexibility index (Phi) is 8.77. The molecule has 0 saturated carbocycles. The molecule has 2 nitrogen and oxygen atoms in total. The maximum atomic E-state index is 10.2. The van der Waals surface area contributed by atoms with Gasteiger partial charge in [0.25, 0.3) is 0 Å². The van der Waals surface area contributed by atoms with Crippen molar-refractivity contribution in [2.24, 2.45) is 0 Å². The Morgan fingerprint density at radius 3 is 2.69 bits per heavy atom. The van der Waals surface area contributed by atoms with Gasteiger partial charge in [0.05, 0.1) is 0 Å². The first-order chi connectivity index (χ1) is 6.16. The second kappa shape index (κ2) is 8.70. The van der Waals surface area contributed by atoms with E-state index in [-0.39, 0.29) is 11.8 Å². The molecule has 0 saturated heterocycles. The van der Waals surface area contributed by atoms with Gasteiger partial charge in [0.2, 0.25) is 0 Å². The second-order valence-electron chi connectivity index (χ2n) is 3.02. The van der Waals surface area contributed by atoms with E-state index in [0.29, 0.717) is 0 Å². The van der Waals surface area contributed by atoms with Crippen molar-refractivity contribution in [3.8, 4) is 0 Å². The lowest BCUT2D eigenvalue weighted by Crippen LogP contribution is -2.01. The lowest BCUT2D eigenvalue weighted by molar-refractivity contribution is -0.137. The Balaban J connectivity index is 3.16. The van der Waals surface area contributed by atoms with E-state index in [4.69, 9.17) is 16.7 Å². The standard InChI is InChI=1S/C9H17ClO2S/c1-13-7-6-8(10)4-2-3-5-9(11)12/h8H,2-7H2,1H3,(H,11,12). The van der Waals surface area contributed by atoms with Crippen molar-refractivity contribution in [2.45, 2.75) is 37.5 Å². The van der Waals surface area contributed by atoms with Crippen LogP contribution in [0, 0.1) is 0 Å². The smallest absolute Gasteiger partial charge is 0.303 e. The van der Waals surface area contributed by atoms with Gasteiger partial charge in [0, 0.05) is 11.8 Å². The number of thioether (sulfide) groups is 1. The van der Waals surface area contributed by atoms with E-state index in [1.54, 1.807) is 11.8 Å². The fourth-order valence-electron chi connectivity index (χ4n) is 1.03. The number of hydrogen-bond donors (Lipinski definition) is 1. The van der Waals surface area contributed by atoms with Crippen LogP contribution in [-0.2, 0) is 4.79 Å². The zero-order valence-electron chi connectivity index (χ0n) is 7.96. The number of carbonyl (C=O) groups is 1. The van der Waals surface area contributed by atoms with Gasteiger partial charge in [-0.15, -0.1) is 11.6 Å². The molecule has 1 unspecified atom stereocenters. The maximum absolute atomic E-state index is 10.2. The number of unbranched alkanes of at least 4 members (excludes halogenated alkanes) is 1. The Labute approximate surface area is 89.0 Å². The van der Waals surface area contributed by atoms with E-state index < -0.39 is 5.97 Å². The van der Waals surface area contributed by atoms with Crippen LogP contribution >= 0.6 is 23.4 Å². The largest absolute Gasteiger partial charge is 0.481 e. The minimum atomic E-state index is -0.713. The molecule has 0 rings (SSSR count). The van der Waals surface area contributed by atoms with Gasteiger partial charge in [-0.25, -0.2) is 0 Å². The van der Waals surface area contributed by atoms with Gasteiger partial charge in [0.1, 0.15) is 0 Å². The first kappa shape index (κ1) is 13.1. The summed E-state index contributed by atoms with van der Waals surface area (Å²) in [5.74, 6) is 0.378. The highest BCUT2D eigenvalue weighted by atomic mass is 35.5. The van der Waals surface area contributed by atoms with E-state index in [1.807, 2.05) is 0 Å². The molecule has 0 amide bonds. The van der Waals surface area contributed by atoms with Crippen molar-refractivity contribution < 1.29 is 9.90 Å². The summed E-state index contributed by atoms with van der Waals surface area (Å²) in [7, 11) is 0. The van der Waals surface area contributed by atoms with Crippen LogP contribution < -0.4 is 0 Å². The first-order valence-corrected chi connectivity index (χ1v) is 6.34. The summed E-state index contributed by atoms with van der Waals surface area (Å²) in [6.07, 6.45) is 5.97. The third kappa shape index (κ3) is 10.0. The van der Waals surface area contributed by atoms with Crippen LogP contribution in [0.1, 0.15) is 32.1 Å². The predicted octanol–water partition coefficient (Wildman–Crippen LogP) is 2.99. The van der Waals surface area contributed by atoms with E-state index in [0.717, 1.165) is 31.4 Å². The minimum Gasteiger partial charge on any atom is -0.481 e. The highest BCUT2D eigenvalue weighted by molar-refractivity contribution is 7.98. The van der Waals surface area contributed by atoms with Gasteiger partial charge in [-0.2, -0.15) is 11.8 Å². The maximum Gasteiger partial charge on any atom is 0.303 e. The lowest BCUT2D eigenvalue weighted by Gasteiger charge is -2.06. The molecule has 0 fully saturated rings. The Morgan fingerprint density at radius 2 is 2.15 bits per heavy atom. The van der Waals surface area contributed by atoms with Crippen LogP contribution in [0.15, 0.2) is 0 Å². The molecule has 13 heavy (non-hydrogen) atoms. The van der Waals surface area contributed by atoms with Crippen molar-refractivity contribution in [3.05, 3.63) is 0 Å². The summed E-state index contributed by atoms with van der Waals surface area (Å²) < 4.78 is 0. The van der Waals surface area contributed by atoms with Crippen molar-refractivity contribution in [1.82, 2.24) is 0 Å². The summed E-state index contributed by atoms with van der Waals surface area (Å²) in [6.45, 7) is 0. The molecule has 0 aliphatic carbocycles. The van der Waals surface area contributed by atoms with E-state index in [9.17, 15) is 4.79 Å². The number of hydrogen-bond acceptors (Lipinski definition) is 2. The molecule has 0 aromatic rings. The zero-order valence-corrected chi connectivity index (χ0v) is 9.53. The van der Waals surface area contributed by atoms with Crippen molar-refractivity contribution in [1.29, 1.82) is 0 Å². The Hall–Kier alpha value is 0.110. The minimum absolute atomic E-state index is 0.223. The normalized spacial score (nSPS) is 12.8. The van der Waals surface area contributed by atoms with Crippen LogP contribution in [0.3, 0.4) is 0 Å². The van der Waals surface area contributed by atoms with E-state index in [1.165, 1.54) is 0 Å². The number of carboxylic acids is 1. The quantitative estimate of drug-likeness (QED) is 0.509. The third-order valence-electron chi connectivity index (χ3n) is 1.79. The van der Waals surface area contributed by atoms with Crippen LogP contribution in [-0.4, -0.2) is 28.5 Å². The number of carboxylic acid groups (broad SMARTS) is 1. The van der Waals surface area contributed by atoms with Gasteiger partial charge >= 0.3 is 5.97 Å². The van der Waals surface area contributed by atoms with Crippen molar-refractivity contribution in [3.63, 3.8) is 0 Å². The molecule has 0 aromatic heterocycles. The number of rotatable bonds is 8. The predicted molar refractivity (Wildman–Crippen MR) is 58.7 cm³/mol. The first-order valence-electron chi connectivity index (χ1n) is 4.51. The molecule has 0 heterocycles. The summed E-state index contributed by atoms with van der Waals surface area (Å²) >= 11 is 7.81. The Bertz CT molecular complexity index is 142. The van der Waals surface area contributed by atoms with Gasteiger partial charge in [-0.05, 0) is 31.3 Å². The van der Waals surface area contributed by atoms with E-state index in [2.05, 4.69) is 6.26 Å². The average Bonchev–Trinajstić information content (AvgIpc) is 2.08. The van der Waals surface area contributed by atoms with Crippen LogP contribution in [0.5, 0.6) is 0 Å². The summed E-state index contributed by atoms with van der Waals surface area (Å²) in [5.41, 5.74) is 0. The fraction of sp³-hybridized carbons (Fsp3) is 0.889. The van der Waals surface area contributed by atoms with Gasteiger partial charge in [-0.3, -0.25) is 4.79 Å². The second-order valence-corrected chi connectivity index (χ2v) is 4.62. The van der Waals surface area contributed by atoms with Gasteiger partial charge < -0.3 is 5.11 Å². The molecule has 0 aliphatic rings. The van der Waals surface area contributed by atoms with Crippen LogP contribution in [0.4, 0.5) is 0 Å². The fourth-order valence-corrected chi connectivity index (χ4v) is 1.95. The zero-order chi connectivity index (χ0) is 10.1. The molecule has 0 radical (unpaired) electrons. The number of halogens is 1. The molecular formula is C9H17ClO2S. The van der Waals surface area contributed by atoms with Crippen LogP contribution in [0.2, 0.25) is 0 Å². The lowest BCUT2D eigenvalue weighted by atomic mass is 10.1. The Morgan fingerprint density at radius 1 is 1.46 bits per heavy atom. The highest BCUT2D eigenvalue weighted by Crippen LogP contribution is 2.14. The molecule has 78 valence electrons. The molecule has 0 bridgehead atoms.